The predicted molar refractivity (Wildman–Crippen MR) is 111 cm³/mol. The standard InChI is InChI=1S/C22H20N2O3S/c25-17(14-27-15-18-9-6-12-28-18)13-24-22(26)20-11-5-4-10-19(20)21(23-24)16-7-2-1-3-8-16/h1-12,17,25H,13-15H2. The Morgan fingerprint density at radius 1 is 1.00 bits per heavy atom. The lowest BCUT2D eigenvalue weighted by molar-refractivity contribution is 0.0190. The van der Waals surface area contributed by atoms with Gasteiger partial charge in [-0.2, -0.15) is 5.10 Å². The van der Waals surface area contributed by atoms with E-state index < -0.39 is 6.10 Å². The van der Waals surface area contributed by atoms with Crippen molar-refractivity contribution in [1.29, 1.82) is 0 Å². The molecular weight excluding hydrogens is 372 g/mol. The van der Waals surface area contributed by atoms with Crippen LogP contribution in [-0.4, -0.2) is 27.6 Å². The molecule has 6 heteroatoms. The third kappa shape index (κ3) is 4.04. The first-order chi connectivity index (χ1) is 13.7. The van der Waals surface area contributed by atoms with Gasteiger partial charge in [0.25, 0.3) is 5.56 Å². The number of aliphatic hydroxyl groups is 1. The van der Waals surface area contributed by atoms with E-state index in [1.54, 1.807) is 17.4 Å². The van der Waals surface area contributed by atoms with Crippen LogP contribution >= 0.6 is 11.3 Å². The van der Waals surface area contributed by atoms with Gasteiger partial charge in [-0.15, -0.1) is 11.3 Å². The Bertz CT molecular complexity index is 1110. The quantitative estimate of drug-likeness (QED) is 0.521. The van der Waals surface area contributed by atoms with Gasteiger partial charge in [0.2, 0.25) is 0 Å². The molecule has 0 bridgehead atoms. The molecule has 0 radical (unpaired) electrons. The predicted octanol–water partition coefficient (Wildman–Crippen LogP) is 3.70. The molecule has 0 spiro atoms. The van der Waals surface area contributed by atoms with E-state index in [1.807, 2.05) is 66.0 Å². The van der Waals surface area contributed by atoms with Gasteiger partial charge >= 0.3 is 0 Å². The molecule has 1 unspecified atom stereocenters. The van der Waals surface area contributed by atoms with Crippen LogP contribution in [0.2, 0.25) is 0 Å². The number of hydrogen-bond donors (Lipinski definition) is 1. The molecule has 2 aromatic heterocycles. The van der Waals surface area contributed by atoms with Crippen LogP contribution in [0.3, 0.4) is 0 Å². The average molecular weight is 392 g/mol. The van der Waals surface area contributed by atoms with Crippen molar-refractivity contribution in [2.24, 2.45) is 0 Å². The maximum atomic E-state index is 12.9. The summed E-state index contributed by atoms with van der Waals surface area (Å²) in [4.78, 5) is 14.0. The third-order valence-corrected chi connectivity index (χ3v) is 5.28. The van der Waals surface area contributed by atoms with Crippen molar-refractivity contribution in [3.8, 4) is 11.3 Å². The highest BCUT2D eigenvalue weighted by molar-refractivity contribution is 7.09. The van der Waals surface area contributed by atoms with E-state index in [2.05, 4.69) is 5.10 Å². The summed E-state index contributed by atoms with van der Waals surface area (Å²) in [6.45, 7) is 0.664. The van der Waals surface area contributed by atoms with Gasteiger partial charge in [-0.1, -0.05) is 54.6 Å². The molecular formula is C22H20N2O3S. The second-order valence-electron chi connectivity index (χ2n) is 6.50. The van der Waals surface area contributed by atoms with Crippen LogP contribution in [0.5, 0.6) is 0 Å². The second-order valence-corrected chi connectivity index (χ2v) is 7.53. The summed E-state index contributed by atoms with van der Waals surface area (Å²) < 4.78 is 6.91. The molecule has 1 atom stereocenters. The fraction of sp³-hybridized carbons (Fsp3) is 0.182. The van der Waals surface area contributed by atoms with E-state index in [1.165, 1.54) is 4.68 Å². The van der Waals surface area contributed by atoms with Gasteiger partial charge in [0.1, 0.15) is 0 Å². The van der Waals surface area contributed by atoms with Crippen LogP contribution in [0, 0.1) is 0 Å². The molecule has 1 N–H and O–H groups in total. The first-order valence-electron chi connectivity index (χ1n) is 9.06. The monoisotopic (exact) mass is 392 g/mol. The largest absolute Gasteiger partial charge is 0.389 e. The summed E-state index contributed by atoms with van der Waals surface area (Å²) in [5, 5.41) is 18.3. The van der Waals surface area contributed by atoms with Crippen LogP contribution in [0.25, 0.3) is 22.0 Å². The minimum absolute atomic E-state index is 0.0773. The highest BCUT2D eigenvalue weighted by atomic mass is 32.1. The summed E-state index contributed by atoms with van der Waals surface area (Å²) in [7, 11) is 0. The maximum Gasteiger partial charge on any atom is 0.274 e. The average Bonchev–Trinajstić information content (AvgIpc) is 3.24. The lowest BCUT2D eigenvalue weighted by Gasteiger charge is -2.15. The SMILES string of the molecule is O=c1c2ccccc2c(-c2ccccc2)nn1CC(O)COCc1cccs1. The van der Waals surface area contributed by atoms with E-state index in [-0.39, 0.29) is 18.7 Å². The van der Waals surface area contributed by atoms with Gasteiger partial charge in [0, 0.05) is 15.8 Å². The molecule has 0 aliphatic rings. The van der Waals surface area contributed by atoms with E-state index in [9.17, 15) is 9.90 Å². The molecule has 142 valence electrons. The lowest BCUT2D eigenvalue weighted by atomic mass is 10.1. The fourth-order valence-electron chi connectivity index (χ4n) is 3.11. The van der Waals surface area contributed by atoms with E-state index >= 15 is 0 Å². The highest BCUT2D eigenvalue weighted by Crippen LogP contribution is 2.24. The zero-order chi connectivity index (χ0) is 19.3. The smallest absolute Gasteiger partial charge is 0.274 e. The highest BCUT2D eigenvalue weighted by Gasteiger charge is 2.14. The summed E-state index contributed by atoms with van der Waals surface area (Å²) in [5.74, 6) is 0. The third-order valence-electron chi connectivity index (χ3n) is 4.43. The zero-order valence-corrected chi connectivity index (χ0v) is 16.0. The molecule has 0 saturated carbocycles. The fourth-order valence-corrected chi connectivity index (χ4v) is 3.75. The van der Waals surface area contributed by atoms with Crippen LogP contribution in [-0.2, 0) is 17.9 Å². The Morgan fingerprint density at radius 2 is 1.75 bits per heavy atom. The summed E-state index contributed by atoms with van der Waals surface area (Å²) in [6.07, 6.45) is -0.824. The lowest BCUT2D eigenvalue weighted by Crippen LogP contribution is -2.31. The Balaban J connectivity index is 1.60. The minimum Gasteiger partial charge on any atom is -0.389 e. The van der Waals surface area contributed by atoms with Crippen LogP contribution in [0.4, 0.5) is 0 Å². The summed E-state index contributed by atoms with van der Waals surface area (Å²) >= 11 is 1.61. The molecule has 0 aliphatic carbocycles. The first kappa shape index (κ1) is 18.6. The number of aromatic nitrogens is 2. The Labute approximate surface area is 166 Å². The van der Waals surface area contributed by atoms with Crippen LogP contribution < -0.4 is 5.56 Å². The first-order valence-corrected chi connectivity index (χ1v) is 9.94. The molecule has 28 heavy (non-hydrogen) atoms. The zero-order valence-electron chi connectivity index (χ0n) is 15.2. The van der Waals surface area contributed by atoms with Crippen LogP contribution in [0.1, 0.15) is 4.88 Å². The van der Waals surface area contributed by atoms with Gasteiger partial charge in [0.15, 0.2) is 0 Å². The van der Waals surface area contributed by atoms with Crippen molar-refractivity contribution in [1.82, 2.24) is 9.78 Å². The van der Waals surface area contributed by atoms with Gasteiger partial charge in [-0.25, -0.2) is 4.68 Å². The van der Waals surface area contributed by atoms with Crippen molar-refractivity contribution in [2.75, 3.05) is 6.61 Å². The van der Waals surface area contributed by atoms with Gasteiger partial charge in [-0.3, -0.25) is 4.79 Å². The number of rotatable bonds is 7. The van der Waals surface area contributed by atoms with Crippen molar-refractivity contribution in [3.05, 3.63) is 87.3 Å². The number of fused-ring (bicyclic) bond motifs is 1. The summed E-state index contributed by atoms with van der Waals surface area (Å²) in [6, 6.07) is 21.1. The molecule has 4 aromatic rings. The van der Waals surface area contributed by atoms with Crippen molar-refractivity contribution in [3.63, 3.8) is 0 Å². The maximum absolute atomic E-state index is 12.9. The number of hydrogen-bond acceptors (Lipinski definition) is 5. The molecule has 4 rings (SSSR count). The van der Waals surface area contributed by atoms with E-state index in [0.717, 1.165) is 21.5 Å². The number of ether oxygens (including phenoxy) is 1. The number of nitrogens with zero attached hydrogens (tertiary/aromatic N) is 2. The Kier molecular flexibility index (Phi) is 5.62. The molecule has 2 aromatic carbocycles. The molecule has 0 aliphatic heterocycles. The van der Waals surface area contributed by atoms with Gasteiger partial charge in [0.05, 0.1) is 36.9 Å². The van der Waals surface area contributed by atoms with E-state index in [0.29, 0.717) is 12.0 Å². The van der Waals surface area contributed by atoms with E-state index in [4.69, 9.17) is 4.74 Å². The molecule has 2 heterocycles. The second kappa shape index (κ2) is 8.48. The molecule has 0 saturated heterocycles. The van der Waals surface area contributed by atoms with Gasteiger partial charge < -0.3 is 9.84 Å². The minimum atomic E-state index is -0.824. The van der Waals surface area contributed by atoms with Crippen molar-refractivity contribution >= 4 is 22.1 Å². The number of benzene rings is 2. The topological polar surface area (TPSA) is 64.4 Å². The molecule has 0 fully saturated rings. The Hall–Kier alpha value is -2.80. The molecule has 0 amide bonds. The van der Waals surface area contributed by atoms with Crippen LogP contribution in [0.15, 0.2) is 76.9 Å². The van der Waals surface area contributed by atoms with Gasteiger partial charge in [-0.05, 0) is 17.5 Å². The number of aliphatic hydroxyl groups excluding tert-OH is 1. The normalized spacial score (nSPS) is 12.3. The summed E-state index contributed by atoms with van der Waals surface area (Å²) in [5.41, 5.74) is 1.44. The number of thiophene rings is 1. The molecule has 5 nitrogen and oxygen atoms in total. The Morgan fingerprint density at radius 3 is 2.50 bits per heavy atom. The van der Waals surface area contributed by atoms with Crippen molar-refractivity contribution in [2.45, 2.75) is 19.3 Å². The van der Waals surface area contributed by atoms with Crippen molar-refractivity contribution < 1.29 is 9.84 Å².